The van der Waals surface area contributed by atoms with Crippen LogP contribution in [0, 0.1) is 5.92 Å². The normalized spacial score (nSPS) is 17.3. The number of nitrogens with one attached hydrogen (secondary N) is 1. The van der Waals surface area contributed by atoms with Gasteiger partial charge < -0.3 is 20.4 Å². The molecule has 0 aliphatic carbocycles. The number of carbonyl (C=O) groups is 1. The monoisotopic (exact) mass is 320 g/mol. The van der Waals surface area contributed by atoms with E-state index in [4.69, 9.17) is 0 Å². The lowest BCUT2D eigenvalue weighted by Gasteiger charge is -2.31. The third-order valence-electron chi connectivity index (χ3n) is 4.20. The standard InChI is InChI=1S/C18H28N2O3/c1-13(2)11-17(22)12-19-18(23)14-3-5-15(6-4-14)20-9-7-16(21)8-10-20/h3-6,13,16-17,21-22H,7-12H2,1-2H3,(H,19,23). The van der Waals surface area contributed by atoms with E-state index >= 15 is 0 Å². The van der Waals surface area contributed by atoms with Crippen LogP contribution in [0.3, 0.4) is 0 Å². The number of rotatable bonds is 6. The molecule has 5 nitrogen and oxygen atoms in total. The Morgan fingerprint density at radius 2 is 1.87 bits per heavy atom. The van der Waals surface area contributed by atoms with Gasteiger partial charge in [-0.3, -0.25) is 4.79 Å². The Labute approximate surface area is 138 Å². The van der Waals surface area contributed by atoms with Crippen molar-refractivity contribution in [3.8, 4) is 0 Å². The summed E-state index contributed by atoms with van der Waals surface area (Å²) in [5, 5.41) is 22.1. The molecular weight excluding hydrogens is 292 g/mol. The minimum absolute atomic E-state index is 0.159. The van der Waals surface area contributed by atoms with Crippen LogP contribution in [0.2, 0.25) is 0 Å². The van der Waals surface area contributed by atoms with Gasteiger partial charge in [-0.15, -0.1) is 0 Å². The molecular formula is C18H28N2O3. The molecule has 0 bridgehead atoms. The first-order valence-electron chi connectivity index (χ1n) is 8.45. The Balaban J connectivity index is 1.85. The number of benzene rings is 1. The van der Waals surface area contributed by atoms with Gasteiger partial charge in [-0.25, -0.2) is 0 Å². The third-order valence-corrected chi connectivity index (χ3v) is 4.20. The van der Waals surface area contributed by atoms with Gasteiger partial charge in [0, 0.05) is 30.9 Å². The summed E-state index contributed by atoms with van der Waals surface area (Å²) in [6.07, 6.45) is 1.57. The zero-order chi connectivity index (χ0) is 16.8. The predicted molar refractivity (Wildman–Crippen MR) is 91.7 cm³/mol. The van der Waals surface area contributed by atoms with Crippen LogP contribution in [0.1, 0.15) is 43.5 Å². The van der Waals surface area contributed by atoms with Crippen molar-refractivity contribution in [2.75, 3.05) is 24.5 Å². The predicted octanol–water partition coefficient (Wildman–Crippen LogP) is 1.78. The van der Waals surface area contributed by atoms with Crippen molar-refractivity contribution in [3.05, 3.63) is 29.8 Å². The lowest BCUT2D eigenvalue weighted by Crippen LogP contribution is -2.35. The van der Waals surface area contributed by atoms with Gasteiger partial charge in [0.1, 0.15) is 0 Å². The van der Waals surface area contributed by atoms with E-state index in [1.807, 2.05) is 38.1 Å². The molecule has 2 rings (SSSR count). The molecule has 0 spiro atoms. The molecule has 1 amide bonds. The van der Waals surface area contributed by atoms with Crippen molar-refractivity contribution in [1.29, 1.82) is 0 Å². The molecule has 3 N–H and O–H groups in total. The van der Waals surface area contributed by atoms with E-state index in [1.165, 1.54) is 0 Å². The molecule has 1 saturated heterocycles. The summed E-state index contributed by atoms with van der Waals surface area (Å²) in [5.74, 6) is 0.248. The number of hydrogen-bond acceptors (Lipinski definition) is 4. The number of nitrogens with zero attached hydrogens (tertiary/aromatic N) is 1. The van der Waals surface area contributed by atoms with Crippen molar-refractivity contribution >= 4 is 11.6 Å². The Morgan fingerprint density at radius 1 is 1.26 bits per heavy atom. The van der Waals surface area contributed by atoms with Gasteiger partial charge in [-0.1, -0.05) is 13.8 Å². The van der Waals surface area contributed by atoms with Crippen LogP contribution < -0.4 is 10.2 Å². The summed E-state index contributed by atoms with van der Waals surface area (Å²) in [4.78, 5) is 14.3. The summed E-state index contributed by atoms with van der Waals surface area (Å²) in [5.41, 5.74) is 1.68. The SMILES string of the molecule is CC(C)CC(O)CNC(=O)c1ccc(N2CCC(O)CC2)cc1. The molecule has 0 saturated carbocycles. The van der Waals surface area contributed by atoms with Gasteiger partial charge in [0.2, 0.25) is 0 Å². The number of amides is 1. The number of carbonyl (C=O) groups excluding carboxylic acids is 1. The molecule has 0 radical (unpaired) electrons. The highest BCUT2D eigenvalue weighted by atomic mass is 16.3. The number of aliphatic hydroxyl groups is 2. The molecule has 1 heterocycles. The highest BCUT2D eigenvalue weighted by molar-refractivity contribution is 5.94. The molecule has 23 heavy (non-hydrogen) atoms. The zero-order valence-corrected chi connectivity index (χ0v) is 14.0. The first-order valence-corrected chi connectivity index (χ1v) is 8.45. The van der Waals surface area contributed by atoms with Gasteiger partial charge in [0.25, 0.3) is 5.91 Å². The maximum absolute atomic E-state index is 12.1. The zero-order valence-electron chi connectivity index (χ0n) is 14.0. The second-order valence-corrected chi connectivity index (χ2v) is 6.76. The maximum Gasteiger partial charge on any atom is 0.251 e. The number of anilines is 1. The van der Waals surface area contributed by atoms with Crippen LogP contribution >= 0.6 is 0 Å². The largest absolute Gasteiger partial charge is 0.393 e. The van der Waals surface area contributed by atoms with Crippen LogP contribution in [-0.4, -0.2) is 48.0 Å². The summed E-state index contributed by atoms with van der Waals surface area (Å²) in [6, 6.07) is 7.50. The fraction of sp³-hybridized carbons (Fsp3) is 0.611. The van der Waals surface area contributed by atoms with Crippen molar-refractivity contribution in [2.24, 2.45) is 5.92 Å². The summed E-state index contributed by atoms with van der Waals surface area (Å²) in [7, 11) is 0. The lowest BCUT2D eigenvalue weighted by atomic mass is 10.1. The third kappa shape index (κ3) is 5.52. The van der Waals surface area contributed by atoms with Crippen molar-refractivity contribution < 1.29 is 15.0 Å². The van der Waals surface area contributed by atoms with Gasteiger partial charge in [-0.2, -0.15) is 0 Å². The fourth-order valence-electron chi connectivity index (χ4n) is 2.89. The van der Waals surface area contributed by atoms with Crippen molar-refractivity contribution in [3.63, 3.8) is 0 Å². The second kappa shape index (κ2) is 8.31. The second-order valence-electron chi connectivity index (χ2n) is 6.76. The van der Waals surface area contributed by atoms with E-state index in [2.05, 4.69) is 10.2 Å². The first-order chi connectivity index (χ1) is 11.0. The Bertz CT molecular complexity index is 493. The van der Waals surface area contributed by atoms with Gasteiger partial charge in [0.15, 0.2) is 0 Å². The highest BCUT2D eigenvalue weighted by Gasteiger charge is 2.17. The molecule has 5 heteroatoms. The number of hydrogen-bond donors (Lipinski definition) is 3. The van der Waals surface area contributed by atoms with E-state index in [0.29, 0.717) is 17.9 Å². The topological polar surface area (TPSA) is 72.8 Å². The van der Waals surface area contributed by atoms with Crippen LogP contribution in [0.4, 0.5) is 5.69 Å². The Kier molecular flexibility index (Phi) is 6.42. The highest BCUT2D eigenvalue weighted by Crippen LogP contribution is 2.20. The molecule has 128 valence electrons. The molecule has 1 atom stereocenters. The quantitative estimate of drug-likeness (QED) is 0.747. The summed E-state index contributed by atoms with van der Waals surface area (Å²) >= 11 is 0. The fourth-order valence-corrected chi connectivity index (χ4v) is 2.89. The molecule has 1 aliphatic rings. The van der Waals surface area contributed by atoms with E-state index in [9.17, 15) is 15.0 Å². The lowest BCUT2D eigenvalue weighted by molar-refractivity contribution is 0.0900. The summed E-state index contributed by atoms with van der Waals surface area (Å²) < 4.78 is 0. The average Bonchev–Trinajstić information content (AvgIpc) is 2.53. The van der Waals surface area contributed by atoms with Crippen LogP contribution in [-0.2, 0) is 0 Å². The van der Waals surface area contributed by atoms with Crippen LogP contribution in [0.5, 0.6) is 0 Å². The van der Waals surface area contributed by atoms with Crippen LogP contribution in [0.25, 0.3) is 0 Å². The summed E-state index contributed by atoms with van der Waals surface area (Å²) in [6.45, 7) is 6.05. The Hall–Kier alpha value is -1.59. The molecule has 1 fully saturated rings. The molecule has 0 aromatic heterocycles. The molecule has 1 aromatic carbocycles. The van der Waals surface area contributed by atoms with E-state index in [0.717, 1.165) is 31.6 Å². The first kappa shape index (κ1) is 17.8. The van der Waals surface area contributed by atoms with E-state index < -0.39 is 6.10 Å². The number of piperidine rings is 1. The minimum atomic E-state index is -0.502. The van der Waals surface area contributed by atoms with E-state index in [1.54, 1.807) is 0 Å². The van der Waals surface area contributed by atoms with Crippen molar-refractivity contribution in [2.45, 2.75) is 45.3 Å². The van der Waals surface area contributed by atoms with Crippen LogP contribution in [0.15, 0.2) is 24.3 Å². The average molecular weight is 320 g/mol. The van der Waals surface area contributed by atoms with Gasteiger partial charge in [-0.05, 0) is 49.4 Å². The maximum atomic E-state index is 12.1. The molecule has 1 aromatic rings. The smallest absolute Gasteiger partial charge is 0.251 e. The van der Waals surface area contributed by atoms with Gasteiger partial charge in [0.05, 0.1) is 12.2 Å². The molecule has 1 unspecified atom stereocenters. The van der Waals surface area contributed by atoms with Crippen molar-refractivity contribution in [1.82, 2.24) is 5.32 Å². The molecule has 1 aliphatic heterocycles. The van der Waals surface area contributed by atoms with Gasteiger partial charge >= 0.3 is 0 Å². The minimum Gasteiger partial charge on any atom is -0.393 e. The Morgan fingerprint density at radius 3 is 2.43 bits per heavy atom. The number of aliphatic hydroxyl groups excluding tert-OH is 2. The van der Waals surface area contributed by atoms with E-state index in [-0.39, 0.29) is 18.6 Å².